The first-order valence-electron chi connectivity index (χ1n) is 4.69. The van der Waals surface area contributed by atoms with Crippen molar-refractivity contribution in [3.63, 3.8) is 0 Å². The summed E-state index contributed by atoms with van der Waals surface area (Å²) >= 11 is 3.30. The number of carbonyl (C=O) groups excluding carboxylic acids is 1. The number of hydrogen-bond donors (Lipinski definition) is 1. The molecule has 0 radical (unpaired) electrons. The lowest BCUT2D eigenvalue weighted by Crippen LogP contribution is -2.25. The highest BCUT2D eigenvalue weighted by molar-refractivity contribution is 9.10. The van der Waals surface area contributed by atoms with Crippen LogP contribution in [0.25, 0.3) is 0 Å². The molecule has 0 spiro atoms. The van der Waals surface area contributed by atoms with Crippen LogP contribution in [0.5, 0.6) is 0 Å². The van der Waals surface area contributed by atoms with Gasteiger partial charge in [0, 0.05) is 13.2 Å². The second kappa shape index (κ2) is 3.81. The second-order valence-corrected chi connectivity index (χ2v) is 4.31. The number of nitrogens with zero attached hydrogens (tertiary/aromatic N) is 1. The van der Waals surface area contributed by atoms with Gasteiger partial charge in [-0.1, -0.05) is 0 Å². The van der Waals surface area contributed by atoms with Crippen LogP contribution in [0.15, 0.2) is 22.9 Å². The van der Waals surface area contributed by atoms with E-state index in [1.807, 2.05) is 12.1 Å². The highest BCUT2D eigenvalue weighted by atomic mass is 79.9. The molecule has 1 aromatic rings. The zero-order valence-electron chi connectivity index (χ0n) is 8.29. The van der Waals surface area contributed by atoms with E-state index in [0.29, 0.717) is 0 Å². The number of halogens is 1. The molecule has 0 unspecified atom stereocenters. The molecule has 1 amide bonds. The zero-order chi connectivity index (χ0) is 10.9. The average Bonchev–Trinajstić information content (AvgIpc) is 2.99. The Hall–Kier alpha value is -1.10. The SMILES string of the molecule is CNC(=O)OC1(c2ccnc(Br)c2)CC1. The summed E-state index contributed by atoms with van der Waals surface area (Å²) in [5.41, 5.74) is 0.568. The van der Waals surface area contributed by atoms with Gasteiger partial charge >= 0.3 is 6.09 Å². The average molecular weight is 271 g/mol. The molecule has 15 heavy (non-hydrogen) atoms. The molecule has 1 aromatic heterocycles. The summed E-state index contributed by atoms with van der Waals surface area (Å²) in [7, 11) is 1.56. The van der Waals surface area contributed by atoms with Gasteiger partial charge in [0.2, 0.25) is 0 Å². The van der Waals surface area contributed by atoms with Gasteiger partial charge in [-0.25, -0.2) is 9.78 Å². The Labute approximate surface area is 96.2 Å². The number of amides is 1. The van der Waals surface area contributed by atoms with Gasteiger partial charge in [-0.2, -0.15) is 0 Å². The third-order valence-electron chi connectivity index (χ3n) is 2.45. The Bertz CT molecular complexity index is 391. The quantitative estimate of drug-likeness (QED) is 0.839. The van der Waals surface area contributed by atoms with E-state index in [-0.39, 0.29) is 6.09 Å². The van der Waals surface area contributed by atoms with Crippen LogP contribution in [-0.4, -0.2) is 18.1 Å². The lowest BCUT2D eigenvalue weighted by atomic mass is 10.1. The topological polar surface area (TPSA) is 51.2 Å². The summed E-state index contributed by atoms with van der Waals surface area (Å²) in [6.07, 6.45) is 3.06. The number of carbonyl (C=O) groups is 1. The zero-order valence-corrected chi connectivity index (χ0v) is 9.87. The van der Waals surface area contributed by atoms with Crippen LogP contribution in [0.3, 0.4) is 0 Å². The van der Waals surface area contributed by atoms with Crippen molar-refractivity contribution >= 4 is 22.0 Å². The van der Waals surface area contributed by atoms with Crippen molar-refractivity contribution in [2.75, 3.05) is 7.05 Å². The van der Waals surface area contributed by atoms with Crippen LogP contribution in [0.1, 0.15) is 18.4 Å². The molecule has 0 bridgehead atoms. The molecular weight excluding hydrogens is 260 g/mol. The van der Waals surface area contributed by atoms with Crippen molar-refractivity contribution in [2.24, 2.45) is 0 Å². The molecule has 0 aromatic carbocycles. The van der Waals surface area contributed by atoms with E-state index in [9.17, 15) is 4.79 Å². The maximum Gasteiger partial charge on any atom is 0.407 e. The van der Waals surface area contributed by atoms with Crippen LogP contribution in [-0.2, 0) is 10.3 Å². The first-order chi connectivity index (χ1) is 7.16. The molecule has 5 heteroatoms. The minimum absolute atomic E-state index is 0.388. The van der Waals surface area contributed by atoms with E-state index in [4.69, 9.17) is 4.74 Å². The van der Waals surface area contributed by atoms with Crippen LogP contribution >= 0.6 is 15.9 Å². The number of pyridine rings is 1. The van der Waals surface area contributed by atoms with Gasteiger partial charge < -0.3 is 10.1 Å². The Kier molecular flexibility index (Phi) is 2.65. The monoisotopic (exact) mass is 270 g/mol. The van der Waals surface area contributed by atoms with Gasteiger partial charge in [0.1, 0.15) is 10.2 Å². The van der Waals surface area contributed by atoms with Crippen molar-refractivity contribution in [3.8, 4) is 0 Å². The summed E-state index contributed by atoms with van der Waals surface area (Å²) in [5.74, 6) is 0. The summed E-state index contributed by atoms with van der Waals surface area (Å²) in [5, 5.41) is 2.46. The predicted octanol–water partition coefficient (Wildman–Crippen LogP) is 2.19. The molecule has 1 aliphatic carbocycles. The summed E-state index contributed by atoms with van der Waals surface area (Å²) in [6.45, 7) is 0. The molecule has 4 nitrogen and oxygen atoms in total. The van der Waals surface area contributed by atoms with Crippen LogP contribution in [0.2, 0.25) is 0 Å². The van der Waals surface area contributed by atoms with Crippen LogP contribution < -0.4 is 5.32 Å². The van der Waals surface area contributed by atoms with Gasteiger partial charge in [0.05, 0.1) is 0 Å². The molecule has 1 heterocycles. The second-order valence-electron chi connectivity index (χ2n) is 3.50. The number of hydrogen-bond acceptors (Lipinski definition) is 3. The normalized spacial score (nSPS) is 16.9. The minimum atomic E-state index is -0.425. The fourth-order valence-electron chi connectivity index (χ4n) is 1.48. The van der Waals surface area contributed by atoms with Gasteiger partial charge in [0.25, 0.3) is 0 Å². The van der Waals surface area contributed by atoms with Gasteiger partial charge in [-0.05, 0) is 46.5 Å². The van der Waals surface area contributed by atoms with Crippen molar-refractivity contribution < 1.29 is 9.53 Å². The highest BCUT2D eigenvalue weighted by Crippen LogP contribution is 2.49. The van der Waals surface area contributed by atoms with Gasteiger partial charge in [-0.15, -0.1) is 0 Å². The molecule has 0 atom stereocenters. The maximum atomic E-state index is 11.2. The Morgan fingerprint density at radius 1 is 1.67 bits per heavy atom. The molecule has 2 rings (SSSR count). The Balaban J connectivity index is 2.19. The molecule has 1 fully saturated rings. The lowest BCUT2D eigenvalue weighted by molar-refractivity contribution is 0.0830. The number of rotatable bonds is 2. The van der Waals surface area contributed by atoms with Crippen LogP contribution in [0, 0.1) is 0 Å². The van der Waals surface area contributed by atoms with Crippen molar-refractivity contribution in [1.29, 1.82) is 0 Å². The maximum absolute atomic E-state index is 11.2. The van der Waals surface area contributed by atoms with Crippen LogP contribution in [0.4, 0.5) is 4.79 Å². The number of alkyl carbamates (subject to hydrolysis) is 1. The summed E-state index contributed by atoms with van der Waals surface area (Å²) in [4.78, 5) is 15.2. The van der Waals surface area contributed by atoms with E-state index < -0.39 is 5.60 Å². The first-order valence-corrected chi connectivity index (χ1v) is 5.48. The predicted molar refractivity (Wildman–Crippen MR) is 58.4 cm³/mol. The van der Waals surface area contributed by atoms with E-state index in [1.54, 1.807) is 13.2 Å². The van der Waals surface area contributed by atoms with Crippen molar-refractivity contribution in [3.05, 3.63) is 28.5 Å². The van der Waals surface area contributed by atoms with Gasteiger partial charge in [-0.3, -0.25) is 0 Å². The van der Waals surface area contributed by atoms with E-state index >= 15 is 0 Å². The standard InChI is InChI=1S/C10H11BrN2O2/c1-12-9(14)15-10(3-4-10)7-2-5-13-8(11)6-7/h2,5-6H,3-4H2,1H3,(H,12,14). The van der Waals surface area contributed by atoms with Crippen molar-refractivity contribution in [2.45, 2.75) is 18.4 Å². The minimum Gasteiger partial charge on any atom is -0.438 e. The third kappa shape index (κ3) is 2.12. The fourth-order valence-corrected chi connectivity index (χ4v) is 1.84. The number of aromatic nitrogens is 1. The lowest BCUT2D eigenvalue weighted by Gasteiger charge is -2.16. The third-order valence-corrected chi connectivity index (χ3v) is 2.88. The van der Waals surface area contributed by atoms with E-state index in [0.717, 1.165) is 23.0 Å². The van der Waals surface area contributed by atoms with Crippen molar-refractivity contribution in [1.82, 2.24) is 10.3 Å². The van der Waals surface area contributed by atoms with E-state index in [1.165, 1.54) is 0 Å². The van der Waals surface area contributed by atoms with Gasteiger partial charge in [0.15, 0.2) is 0 Å². The molecule has 0 saturated heterocycles. The molecule has 80 valence electrons. The Morgan fingerprint density at radius 2 is 2.40 bits per heavy atom. The molecule has 1 N–H and O–H groups in total. The fraction of sp³-hybridized carbons (Fsp3) is 0.400. The first kappa shape index (κ1) is 10.4. The molecule has 1 aliphatic rings. The summed E-state index contributed by atoms with van der Waals surface area (Å²) < 4.78 is 6.10. The number of nitrogens with one attached hydrogen (secondary N) is 1. The largest absolute Gasteiger partial charge is 0.438 e. The number of ether oxygens (including phenoxy) is 1. The highest BCUT2D eigenvalue weighted by Gasteiger charge is 2.48. The van der Waals surface area contributed by atoms with E-state index in [2.05, 4.69) is 26.2 Å². The molecular formula is C10H11BrN2O2. The summed E-state index contributed by atoms with van der Waals surface area (Å²) in [6, 6.07) is 3.76. The molecule has 0 aliphatic heterocycles. The Morgan fingerprint density at radius 3 is 2.93 bits per heavy atom. The molecule has 1 saturated carbocycles. The smallest absolute Gasteiger partial charge is 0.407 e.